The minimum Gasteiger partial charge on any atom is -0.481 e. The standard InChI is InChI=1S/C15H20O7/c1-4-11(16)20-7-8-21-13(19)15(3)10-6-5-9(22-10)14(15,2)12(17)18/h4,9-10H,1,5-8H2,2-3H3,(H,17,18). The van der Waals surface area contributed by atoms with Crippen molar-refractivity contribution in [3.63, 3.8) is 0 Å². The molecule has 0 aromatic heterocycles. The maximum absolute atomic E-state index is 12.5. The van der Waals surface area contributed by atoms with Gasteiger partial charge in [-0.25, -0.2) is 4.79 Å². The van der Waals surface area contributed by atoms with E-state index in [1.54, 1.807) is 6.92 Å². The molecule has 0 saturated carbocycles. The van der Waals surface area contributed by atoms with Gasteiger partial charge in [0.25, 0.3) is 0 Å². The molecular formula is C15H20O7. The summed E-state index contributed by atoms with van der Waals surface area (Å²) in [5, 5.41) is 9.59. The van der Waals surface area contributed by atoms with E-state index in [0.29, 0.717) is 12.8 Å². The smallest absolute Gasteiger partial charge is 0.330 e. The molecule has 0 aromatic rings. The third kappa shape index (κ3) is 2.20. The zero-order valence-corrected chi connectivity index (χ0v) is 12.7. The summed E-state index contributed by atoms with van der Waals surface area (Å²) in [7, 11) is 0. The van der Waals surface area contributed by atoms with Gasteiger partial charge >= 0.3 is 17.9 Å². The van der Waals surface area contributed by atoms with Crippen molar-refractivity contribution in [2.45, 2.75) is 38.9 Å². The van der Waals surface area contributed by atoms with Gasteiger partial charge in [0, 0.05) is 6.08 Å². The van der Waals surface area contributed by atoms with Crippen LogP contribution in [0.15, 0.2) is 12.7 Å². The van der Waals surface area contributed by atoms with E-state index in [0.717, 1.165) is 6.08 Å². The highest BCUT2D eigenvalue weighted by atomic mass is 16.6. The SMILES string of the molecule is C=CC(=O)OCCOC(=O)C1(C)C2CCC(O2)C1(C)C(=O)O. The third-order valence-electron chi connectivity index (χ3n) is 4.98. The molecule has 4 atom stereocenters. The third-order valence-corrected chi connectivity index (χ3v) is 4.98. The van der Waals surface area contributed by atoms with Crippen molar-refractivity contribution < 1.29 is 33.7 Å². The lowest BCUT2D eigenvalue weighted by atomic mass is 9.57. The van der Waals surface area contributed by atoms with Gasteiger partial charge in [-0.2, -0.15) is 0 Å². The van der Waals surface area contributed by atoms with E-state index < -0.39 is 40.9 Å². The summed E-state index contributed by atoms with van der Waals surface area (Å²) < 4.78 is 15.5. The van der Waals surface area contributed by atoms with Gasteiger partial charge in [-0.15, -0.1) is 0 Å². The van der Waals surface area contributed by atoms with E-state index in [2.05, 4.69) is 6.58 Å². The molecule has 2 aliphatic rings. The predicted molar refractivity (Wildman–Crippen MR) is 73.9 cm³/mol. The second kappa shape index (κ2) is 5.72. The Morgan fingerprint density at radius 1 is 1.18 bits per heavy atom. The highest BCUT2D eigenvalue weighted by Crippen LogP contribution is 2.60. The molecule has 2 saturated heterocycles. The number of fused-ring (bicyclic) bond motifs is 2. The predicted octanol–water partition coefficient (Wildman–Crippen LogP) is 0.917. The van der Waals surface area contributed by atoms with Crippen LogP contribution in [0.1, 0.15) is 26.7 Å². The Bertz CT molecular complexity index is 514. The van der Waals surface area contributed by atoms with Crippen LogP contribution in [0, 0.1) is 10.8 Å². The van der Waals surface area contributed by atoms with Crippen LogP contribution in [-0.4, -0.2) is 48.4 Å². The molecule has 4 unspecified atom stereocenters. The Labute approximate surface area is 128 Å². The minimum atomic E-state index is -1.33. The summed E-state index contributed by atoms with van der Waals surface area (Å²) in [6.07, 6.45) is 1.29. The Kier molecular flexibility index (Phi) is 4.28. The summed E-state index contributed by atoms with van der Waals surface area (Å²) in [4.78, 5) is 35.1. The van der Waals surface area contributed by atoms with Gasteiger partial charge in [0.1, 0.15) is 24.0 Å². The van der Waals surface area contributed by atoms with Crippen molar-refractivity contribution >= 4 is 17.9 Å². The summed E-state index contributed by atoms with van der Waals surface area (Å²) >= 11 is 0. The summed E-state index contributed by atoms with van der Waals surface area (Å²) in [5.41, 5.74) is -2.59. The van der Waals surface area contributed by atoms with Gasteiger partial charge in [-0.1, -0.05) is 6.58 Å². The second-order valence-corrected chi connectivity index (χ2v) is 5.91. The first kappa shape index (κ1) is 16.5. The quantitative estimate of drug-likeness (QED) is 0.442. The molecule has 1 N–H and O–H groups in total. The number of carbonyl (C=O) groups excluding carboxylic acids is 2. The molecule has 7 heteroatoms. The molecule has 2 aliphatic heterocycles. The van der Waals surface area contributed by atoms with Crippen molar-refractivity contribution in [3.05, 3.63) is 12.7 Å². The normalized spacial score (nSPS) is 35.9. The Morgan fingerprint density at radius 2 is 1.73 bits per heavy atom. The summed E-state index contributed by atoms with van der Waals surface area (Å²) in [6, 6.07) is 0. The fourth-order valence-electron chi connectivity index (χ4n) is 3.34. The van der Waals surface area contributed by atoms with Gasteiger partial charge in [0.05, 0.1) is 12.2 Å². The van der Waals surface area contributed by atoms with E-state index in [9.17, 15) is 19.5 Å². The molecule has 0 amide bonds. The molecule has 2 rings (SSSR count). The molecule has 122 valence electrons. The maximum Gasteiger partial charge on any atom is 0.330 e. The first-order valence-electron chi connectivity index (χ1n) is 7.13. The molecule has 2 bridgehead atoms. The minimum absolute atomic E-state index is 0.106. The zero-order valence-electron chi connectivity index (χ0n) is 12.7. The lowest BCUT2D eigenvalue weighted by Crippen LogP contribution is -2.56. The monoisotopic (exact) mass is 312 g/mol. The van der Waals surface area contributed by atoms with Crippen molar-refractivity contribution in [2.24, 2.45) is 10.8 Å². The van der Waals surface area contributed by atoms with Crippen LogP contribution < -0.4 is 0 Å². The van der Waals surface area contributed by atoms with Crippen molar-refractivity contribution in [3.8, 4) is 0 Å². The lowest BCUT2D eigenvalue weighted by Gasteiger charge is -2.41. The molecule has 2 fully saturated rings. The van der Waals surface area contributed by atoms with Crippen LogP contribution in [-0.2, 0) is 28.6 Å². The molecule has 0 aromatic carbocycles. The highest BCUT2D eigenvalue weighted by Gasteiger charge is 2.72. The largest absolute Gasteiger partial charge is 0.481 e. The van der Waals surface area contributed by atoms with Crippen LogP contribution in [0.5, 0.6) is 0 Å². The Morgan fingerprint density at radius 3 is 2.27 bits per heavy atom. The average Bonchev–Trinajstić information content (AvgIpc) is 3.05. The Balaban J connectivity index is 2.05. The molecular weight excluding hydrogens is 292 g/mol. The van der Waals surface area contributed by atoms with E-state index in [1.807, 2.05) is 0 Å². The first-order valence-corrected chi connectivity index (χ1v) is 7.13. The van der Waals surface area contributed by atoms with E-state index >= 15 is 0 Å². The molecule has 0 aliphatic carbocycles. The number of esters is 2. The highest BCUT2D eigenvalue weighted by molar-refractivity contribution is 5.89. The van der Waals surface area contributed by atoms with Crippen LogP contribution in [0.2, 0.25) is 0 Å². The van der Waals surface area contributed by atoms with Crippen molar-refractivity contribution in [1.29, 1.82) is 0 Å². The Hall–Kier alpha value is -1.89. The van der Waals surface area contributed by atoms with Gasteiger partial charge in [-0.3, -0.25) is 9.59 Å². The topological polar surface area (TPSA) is 99.1 Å². The summed E-state index contributed by atoms with van der Waals surface area (Å²) in [6.45, 7) is 6.10. The number of aliphatic carboxylic acids is 1. The number of rotatable bonds is 6. The van der Waals surface area contributed by atoms with Crippen LogP contribution in [0.25, 0.3) is 0 Å². The van der Waals surface area contributed by atoms with Crippen LogP contribution in [0.3, 0.4) is 0 Å². The second-order valence-electron chi connectivity index (χ2n) is 5.91. The summed E-state index contributed by atoms with van der Waals surface area (Å²) in [5.74, 6) is -2.32. The molecule has 7 nitrogen and oxygen atoms in total. The number of ether oxygens (including phenoxy) is 3. The first-order chi connectivity index (χ1) is 10.3. The molecule has 22 heavy (non-hydrogen) atoms. The lowest BCUT2D eigenvalue weighted by molar-refractivity contribution is -0.177. The van der Waals surface area contributed by atoms with Crippen LogP contribution in [0.4, 0.5) is 0 Å². The fraction of sp³-hybridized carbons (Fsp3) is 0.667. The molecule has 2 heterocycles. The van der Waals surface area contributed by atoms with Crippen LogP contribution >= 0.6 is 0 Å². The van der Waals surface area contributed by atoms with Gasteiger partial charge in [-0.05, 0) is 26.7 Å². The molecule has 0 spiro atoms. The van der Waals surface area contributed by atoms with E-state index in [4.69, 9.17) is 14.2 Å². The number of carboxylic acids is 1. The number of hydrogen-bond acceptors (Lipinski definition) is 6. The molecule has 0 radical (unpaired) electrons. The van der Waals surface area contributed by atoms with Crippen molar-refractivity contribution in [2.75, 3.05) is 13.2 Å². The maximum atomic E-state index is 12.5. The number of hydrogen-bond donors (Lipinski definition) is 1. The number of carboxylic acid groups (broad SMARTS) is 1. The zero-order chi connectivity index (χ0) is 16.5. The number of carbonyl (C=O) groups is 3. The van der Waals surface area contributed by atoms with Gasteiger partial charge in [0.15, 0.2) is 0 Å². The van der Waals surface area contributed by atoms with E-state index in [1.165, 1.54) is 6.92 Å². The van der Waals surface area contributed by atoms with Crippen molar-refractivity contribution in [1.82, 2.24) is 0 Å². The van der Waals surface area contributed by atoms with Gasteiger partial charge in [0.2, 0.25) is 0 Å². The van der Waals surface area contributed by atoms with Gasteiger partial charge < -0.3 is 19.3 Å². The fourth-order valence-corrected chi connectivity index (χ4v) is 3.34. The van der Waals surface area contributed by atoms with E-state index in [-0.39, 0.29) is 13.2 Å². The average molecular weight is 312 g/mol.